The van der Waals surface area contributed by atoms with Crippen molar-refractivity contribution in [3.63, 3.8) is 0 Å². The quantitative estimate of drug-likeness (QED) is 0.787. The topological polar surface area (TPSA) is 32.3 Å². The van der Waals surface area contributed by atoms with Gasteiger partial charge in [0.25, 0.3) is 0 Å². The van der Waals surface area contributed by atoms with Gasteiger partial charge in [0.15, 0.2) is 0 Å². The van der Waals surface area contributed by atoms with Crippen LogP contribution in [0.4, 0.5) is 5.69 Å². The van der Waals surface area contributed by atoms with E-state index in [1.165, 1.54) is 0 Å². The fourth-order valence-corrected chi connectivity index (χ4v) is 2.70. The van der Waals surface area contributed by atoms with E-state index in [2.05, 4.69) is 23.5 Å². The number of anilines is 1. The molecule has 0 bridgehead atoms. The summed E-state index contributed by atoms with van der Waals surface area (Å²) in [7, 11) is 3.56. The molecular weight excluding hydrogens is 284 g/mol. The van der Waals surface area contributed by atoms with Crippen LogP contribution in [0.5, 0.6) is 0 Å². The normalized spacial score (nSPS) is 11.9. The maximum atomic E-state index is 12.6. The molecule has 0 spiro atoms. The molecule has 1 amide bonds. The predicted molar refractivity (Wildman–Crippen MR) is 95.4 cm³/mol. The highest BCUT2D eigenvalue weighted by molar-refractivity contribution is 5.96. The SMILES string of the molecule is CN(C)C(=O)[C@H](Nc1cccc2ccccc12)c1ccccc1. The highest BCUT2D eigenvalue weighted by atomic mass is 16.2. The number of nitrogens with one attached hydrogen (secondary N) is 1. The van der Waals surface area contributed by atoms with Gasteiger partial charge in [0, 0.05) is 25.2 Å². The average Bonchev–Trinajstić information content (AvgIpc) is 2.60. The van der Waals surface area contributed by atoms with Gasteiger partial charge in [-0.25, -0.2) is 0 Å². The second kappa shape index (κ2) is 6.53. The molecule has 3 nitrogen and oxygen atoms in total. The largest absolute Gasteiger partial charge is 0.370 e. The number of hydrogen-bond donors (Lipinski definition) is 1. The van der Waals surface area contributed by atoms with Crippen molar-refractivity contribution in [2.24, 2.45) is 0 Å². The molecule has 0 aliphatic heterocycles. The molecule has 0 aliphatic rings. The van der Waals surface area contributed by atoms with Crippen LogP contribution in [0.3, 0.4) is 0 Å². The van der Waals surface area contributed by atoms with Crippen molar-refractivity contribution in [2.45, 2.75) is 6.04 Å². The van der Waals surface area contributed by atoms with Crippen molar-refractivity contribution in [1.29, 1.82) is 0 Å². The van der Waals surface area contributed by atoms with E-state index in [0.29, 0.717) is 0 Å². The third kappa shape index (κ3) is 3.19. The first-order valence-corrected chi connectivity index (χ1v) is 7.67. The molecule has 0 heterocycles. The maximum Gasteiger partial charge on any atom is 0.249 e. The average molecular weight is 304 g/mol. The number of fused-ring (bicyclic) bond motifs is 1. The molecule has 3 aromatic carbocycles. The summed E-state index contributed by atoms with van der Waals surface area (Å²) < 4.78 is 0. The van der Waals surface area contributed by atoms with Crippen molar-refractivity contribution in [3.05, 3.63) is 78.4 Å². The van der Waals surface area contributed by atoms with Crippen LogP contribution in [0.15, 0.2) is 72.8 Å². The zero-order chi connectivity index (χ0) is 16.2. The zero-order valence-electron chi connectivity index (χ0n) is 13.4. The minimum atomic E-state index is -0.406. The van der Waals surface area contributed by atoms with Crippen LogP contribution < -0.4 is 5.32 Å². The molecule has 3 aromatic rings. The summed E-state index contributed by atoms with van der Waals surface area (Å²) in [6, 6.07) is 23.7. The second-order valence-corrected chi connectivity index (χ2v) is 5.75. The number of carbonyl (C=O) groups excluding carboxylic acids is 1. The van der Waals surface area contributed by atoms with Crippen molar-refractivity contribution in [1.82, 2.24) is 4.90 Å². The third-order valence-corrected chi connectivity index (χ3v) is 3.91. The van der Waals surface area contributed by atoms with E-state index in [4.69, 9.17) is 0 Å². The Kier molecular flexibility index (Phi) is 4.29. The Morgan fingerprint density at radius 1 is 0.870 bits per heavy atom. The summed E-state index contributed by atoms with van der Waals surface area (Å²) in [5, 5.41) is 5.70. The Morgan fingerprint density at radius 2 is 1.52 bits per heavy atom. The Bertz CT molecular complexity index is 807. The Hall–Kier alpha value is -2.81. The van der Waals surface area contributed by atoms with Gasteiger partial charge in [0.2, 0.25) is 5.91 Å². The Labute approximate surface area is 136 Å². The number of nitrogens with zero attached hydrogens (tertiary/aromatic N) is 1. The van der Waals surface area contributed by atoms with Crippen LogP contribution in [-0.4, -0.2) is 24.9 Å². The Morgan fingerprint density at radius 3 is 2.26 bits per heavy atom. The van der Waals surface area contributed by atoms with Gasteiger partial charge in [-0.2, -0.15) is 0 Å². The molecule has 0 fully saturated rings. The fraction of sp³-hybridized carbons (Fsp3) is 0.150. The lowest BCUT2D eigenvalue weighted by Crippen LogP contribution is -2.32. The van der Waals surface area contributed by atoms with E-state index in [1.54, 1.807) is 19.0 Å². The summed E-state index contributed by atoms with van der Waals surface area (Å²) in [5.74, 6) is 0.0316. The number of benzene rings is 3. The van der Waals surface area contributed by atoms with E-state index in [-0.39, 0.29) is 5.91 Å². The van der Waals surface area contributed by atoms with Gasteiger partial charge < -0.3 is 10.2 Å². The standard InChI is InChI=1S/C20H20N2O/c1-22(2)20(23)19(16-10-4-3-5-11-16)21-18-14-8-12-15-9-6-7-13-17(15)18/h3-14,19,21H,1-2H3/t19-/m1/s1. The van der Waals surface area contributed by atoms with Crippen LogP contribution in [0.1, 0.15) is 11.6 Å². The van der Waals surface area contributed by atoms with Crippen molar-refractivity contribution < 1.29 is 4.79 Å². The minimum Gasteiger partial charge on any atom is -0.370 e. The van der Waals surface area contributed by atoms with Crippen LogP contribution in [0.2, 0.25) is 0 Å². The number of carbonyl (C=O) groups is 1. The van der Waals surface area contributed by atoms with Gasteiger partial charge in [0.05, 0.1) is 0 Å². The first-order chi connectivity index (χ1) is 11.2. The molecule has 23 heavy (non-hydrogen) atoms. The number of amides is 1. The molecule has 116 valence electrons. The Balaban J connectivity index is 2.02. The molecule has 0 saturated carbocycles. The van der Waals surface area contributed by atoms with Crippen LogP contribution in [-0.2, 0) is 4.79 Å². The van der Waals surface area contributed by atoms with Gasteiger partial charge in [-0.3, -0.25) is 4.79 Å². The van der Waals surface area contributed by atoms with E-state index in [9.17, 15) is 4.79 Å². The van der Waals surface area contributed by atoms with Gasteiger partial charge in [-0.1, -0.05) is 66.7 Å². The molecule has 3 heteroatoms. The molecule has 0 radical (unpaired) electrons. The van der Waals surface area contributed by atoms with Crippen LogP contribution >= 0.6 is 0 Å². The third-order valence-electron chi connectivity index (χ3n) is 3.91. The first-order valence-electron chi connectivity index (χ1n) is 7.67. The van der Waals surface area contributed by atoms with Gasteiger partial charge >= 0.3 is 0 Å². The number of likely N-dealkylation sites (N-methyl/N-ethyl adjacent to an activating group) is 1. The molecule has 0 aromatic heterocycles. The number of rotatable bonds is 4. The highest BCUT2D eigenvalue weighted by Crippen LogP contribution is 2.27. The van der Waals surface area contributed by atoms with E-state index in [0.717, 1.165) is 22.0 Å². The molecule has 0 unspecified atom stereocenters. The minimum absolute atomic E-state index is 0.0316. The zero-order valence-corrected chi connectivity index (χ0v) is 13.4. The molecular formula is C20H20N2O. The predicted octanol–water partition coefficient (Wildman–Crippen LogP) is 4.08. The molecule has 1 N–H and O–H groups in total. The monoisotopic (exact) mass is 304 g/mol. The van der Waals surface area contributed by atoms with Crippen molar-refractivity contribution >= 4 is 22.4 Å². The van der Waals surface area contributed by atoms with Gasteiger partial charge in [-0.05, 0) is 17.0 Å². The first kappa shape index (κ1) is 15.1. The van der Waals surface area contributed by atoms with Crippen LogP contribution in [0, 0.1) is 0 Å². The molecule has 0 aliphatic carbocycles. The summed E-state index contributed by atoms with van der Waals surface area (Å²) in [6.07, 6.45) is 0. The van der Waals surface area contributed by atoms with Crippen molar-refractivity contribution in [2.75, 3.05) is 19.4 Å². The molecule has 1 atom stereocenters. The highest BCUT2D eigenvalue weighted by Gasteiger charge is 2.22. The summed E-state index contributed by atoms with van der Waals surface area (Å²) in [4.78, 5) is 14.3. The fourth-order valence-electron chi connectivity index (χ4n) is 2.70. The van der Waals surface area contributed by atoms with E-state index in [1.807, 2.05) is 54.6 Å². The van der Waals surface area contributed by atoms with Crippen LogP contribution in [0.25, 0.3) is 10.8 Å². The summed E-state index contributed by atoms with van der Waals surface area (Å²) in [5.41, 5.74) is 1.92. The second-order valence-electron chi connectivity index (χ2n) is 5.75. The summed E-state index contributed by atoms with van der Waals surface area (Å²) in [6.45, 7) is 0. The van der Waals surface area contributed by atoms with E-state index < -0.39 is 6.04 Å². The lowest BCUT2D eigenvalue weighted by atomic mass is 10.0. The summed E-state index contributed by atoms with van der Waals surface area (Å²) >= 11 is 0. The lowest BCUT2D eigenvalue weighted by Gasteiger charge is -2.23. The lowest BCUT2D eigenvalue weighted by molar-refractivity contribution is -0.129. The number of hydrogen-bond acceptors (Lipinski definition) is 2. The van der Waals surface area contributed by atoms with Crippen molar-refractivity contribution in [3.8, 4) is 0 Å². The van der Waals surface area contributed by atoms with Gasteiger partial charge in [0.1, 0.15) is 6.04 Å². The van der Waals surface area contributed by atoms with Gasteiger partial charge in [-0.15, -0.1) is 0 Å². The smallest absolute Gasteiger partial charge is 0.249 e. The van der Waals surface area contributed by atoms with E-state index >= 15 is 0 Å². The molecule has 3 rings (SSSR count). The maximum absolute atomic E-state index is 12.6. The molecule has 0 saturated heterocycles.